The molecular weight excluding hydrogens is 422 g/mol. The summed E-state index contributed by atoms with van der Waals surface area (Å²) in [5.74, 6) is 1.00. The maximum absolute atomic E-state index is 13.0. The first-order valence-electron chi connectivity index (χ1n) is 10.2. The van der Waals surface area contributed by atoms with Gasteiger partial charge in [-0.1, -0.05) is 12.1 Å². The van der Waals surface area contributed by atoms with Crippen LogP contribution >= 0.6 is 11.8 Å². The van der Waals surface area contributed by atoms with E-state index in [2.05, 4.69) is 5.32 Å². The zero-order chi connectivity index (χ0) is 20.8. The predicted octanol–water partition coefficient (Wildman–Crippen LogP) is 4.26. The highest BCUT2D eigenvalue weighted by Gasteiger charge is 2.44. The Hall–Kier alpha value is -2.19. The van der Waals surface area contributed by atoms with E-state index in [1.165, 1.54) is 11.8 Å². The molecule has 8 heteroatoms. The lowest BCUT2D eigenvalue weighted by atomic mass is 10.2. The minimum atomic E-state index is -2.96. The number of anilines is 1. The third kappa shape index (κ3) is 3.90. The second-order valence-electron chi connectivity index (χ2n) is 8.08. The summed E-state index contributed by atoms with van der Waals surface area (Å²) >= 11 is 1.47. The summed E-state index contributed by atoms with van der Waals surface area (Å²) in [7, 11) is -2.96. The molecule has 5 rings (SSSR count). The van der Waals surface area contributed by atoms with E-state index in [-0.39, 0.29) is 22.7 Å². The highest BCUT2D eigenvalue weighted by atomic mass is 32.2. The number of nitrogens with one attached hydrogen (secondary N) is 1. The van der Waals surface area contributed by atoms with Gasteiger partial charge >= 0.3 is 0 Å². The molecule has 30 heavy (non-hydrogen) atoms. The van der Waals surface area contributed by atoms with Gasteiger partial charge < -0.3 is 14.8 Å². The third-order valence-corrected chi connectivity index (χ3v) is 9.10. The van der Waals surface area contributed by atoms with Crippen molar-refractivity contribution in [1.82, 2.24) is 0 Å². The molecule has 0 aromatic heterocycles. The van der Waals surface area contributed by atoms with Gasteiger partial charge in [0.2, 0.25) is 0 Å². The van der Waals surface area contributed by atoms with Gasteiger partial charge in [-0.05, 0) is 43.5 Å². The van der Waals surface area contributed by atoms with E-state index in [9.17, 15) is 13.2 Å². The molecule has 2 heterocycles. The van der Waals surface area contributed by atoms with Crippen molar-refractivity contribution in [2.75, 3.05) is 16.8 Å². The maximum Gasteiger partial charge on any atom is 0.256 e. The molecule has 0 radical (unpaired) electrons. The van der Waals surface area contributed by atoms with Gasteiger partial charge in [0.05, 0.1) is 17.1 Å². The molecule has 2 aliphatic heterocycles. The van der Waals surface area contributed by atoms with Gasteiger partial charge in [-0.25, -0.2) is 8.42 Å². The molecule has 0 unspecified atom stereocenters. The summed E-state index contributed by atoms with van der Waals surface area (Å²) in [6.45, 7) is 0. The number of fused-ring (bicyclic) bond motifs is 1. The number of thioether (sulfide) groups is 1. The highest BCUT2D eigenvalue weighted by molar-refractivity contribution is 8.02. The van der Waals surface area contributed by atoms with Crippen molar-refractivity contribution in [1.29, 1.82) is 0 Å². The zero-order valence-electron chi connectivity index (χ0n) is 16.4. The summed E-state index contributed by atoms with van der Waals surface area (Å²) in [5, 5.41) is 2.93. The molecule has 1 saturated heterocycles. The fourth-order valence-electron chi connectivity index (χ4n) is 4.28. The average Bonchev–Trinajstić information content (AvgIpc) is 3.40. The second kappa shape index (κ2) is 7.50. The van der Waals surface area contributed by atoms with Crippen LogP contribution < -0.4 is 14.8 Å². The summed E-state index contributed by atoms with van der Waals surface area (Å²) in [5.41, 5.74) is 1.18. The number of sulfone groups is 1. The van der Waals surface area contributed by atoms with Crippen molar-refractivity contribution in [3.8, 4) is 11.5 Å². The van der Waals surface area contributed by atoms with Gasteiger partial charge in [-0.3, -0.25) is 4.79 Å². The van der Waals surface area contributed by atoms with Crippen LogP contribution in [0.4, 0.5) is 5.69 Å². The fourth-order valence-corrected chi connectivity index (χ4v) is 7.90. The Bertz CT molecular complexity index is 1090. The van der Waals surface area contributed by atoms with Crippen molar-refractivity contribution in [2.24, 2.45) is 0 Å². The SMILES string of the molecule is O=C(Nc1ccc2c(c1)OC1(CCCC1)O2)c1ccccc1S[C@@H]1CCS(=O)(=O)C1. The second-order valence-corrected chi connectivity index (χ2v) is 11.6. The predicted molar refractivity (Wildman–Crippen MR) is 116 cm³/mol. The molecule has 158 valence electrons. The molecular formula is C22H23NO5S2. The van der Waals surface area contributed by atoms with Gasteiger partial charge in [0, 0.05) is 34.7 Å². The molecule has 1 aliphatic carbocycles. The Morgan fingerprint density at radius 1 is 1.07 bits per heavy atom. The summed E-state index contributed by atoms with van der Waals surface area (Å²) in [6, 6.07) is 12.8. The molecule has 1 amide bonds. The maximum atomic E-state index is 13.0. The minimum Gasteiger partial charge on any atom is -0.448 e. The quantitative estimate of drug-likeness (QED) is 0.757. The third-order valence-electron chi connectivity index (χ3n) is 5.77. The number of rotatable bonds is 4. The Morgan fingerprint density at radius 2 is 1.83 bits per heavy atom. The molecule has 1 N–H and O–H groups in total. The van der Waals surface area contributed by atoms with Gasteiger partial charge in [-0.2, -0.15) is 0 Å². The largest absolute Gasteiger partial charge is 0.448 e. The fraction of sp³-hybridized carbons (Fsp3) is 0.409. The van der Waals surface area contributed by atoms with Crippen LogP contribution in [0.5, 0.6) is 11.5 Å². The van der Waals surface area contributed by atoms with Crippen molar-refractivity contribution in [3.63, 3.8) is 0 Å². The van der Waals surface area contributed by atoms with Crippen molar-refractivity contribution in [2.45, 2.75) is 48.0 Å². The van der Waals surface area contributed by atoms with E-state index in [1.54, 1.807) is 12.1 Å². The first kappa shape index (κ1) is 19.8. The van der Waals surface area contributed by atoms with Crippen molar-refractivity contribution in [3.05, 3.63) is 48.0 Å². The topological polar surface area (TPSA) is 81.7 Å². The van der Waals surface area contributed by atoms with E-state index in [4.69, 9.17) is 9.47 Å². The highest BCUT2D eigenvalue weighted by Crippen LogP contribution is 2.47. The van der Waals surface area contributed by atoms with E-state index in [1.807, 2.05) is 30.3 Å². The minimum absolute atomic E-state index is 0.0166. The van der Waals surface area contributed by atoms with Crippen LogP contribution in [0.1, 0.15) is 42.5 Å². The molecule has 1 saturated carbocycles. The summed E-state index contributed by atoms with van der Waals surface area (Å²) < 4.78 is 35.6. The molecule has 6 nitrogen and oxygen atoms in total. The van der Waals surface area contributed by atoms with E-state index in [0.29, 0.717) is 29.2 Å². The molecule has 2 aromatic rings. The van der Waals surface area contributed by atoms with Crippen LogP contribution in [-0.4, -0.2) is 36.9 Å². The van der Waals surface area contributed by atoms with Crippen molar-refractivity contribution < 1.29 is 22.7 Å². The monoisotopic (exact) mass is 445 g/mol. The average molecular weight is 446 g/mol. The lowest BCUT2D eigenvalue weighted by Crippen LogP contribution is -2.34. The number of carbonyl (C=O) groups excluding carboxylic acids is 1. The first-order valence-corrected chi connectivity index (χ1v) is 12.9. The van der Waals surface area contributed by atoms with Crippen LogP contribution in [0.15, 0.2) is 47.4 Å². The Morgan fingerprint density at radius 3 is 2.60 bits per heavy atom. The van der Waals surface area contributed by atoms with Crippen molar-refractivity contribution >= 4 is 33.2 Å². The van der Waals surface area contributed by atoms with Gasteiger partial charge in [-0.15, -0.1) is 11.8 Å². The van der Waals surface area contributed by atoms with E-state index < -0.39 is 15.6 Å². The molecule has 1 spiro atoms. The standard InChI is InChI=1S/C22H23NO5S2/c24-21(17-5-1-2-6-20(17)29-16-9-12-30(25,26)14-16)23-15-7-8-18-19(13-15)28-22(27-18)10-3-4-11-22/h1-2,5-8,13,16H,3-4,9-12,14H2,(H,23,24)/t16-/m1/s1. The Balaban J connectivity index is 1.31. The number of ether oxygens (including phenoxy) is 2. The number of benzene rings is 2. The molecule has 1 atom stereocenters. The molecule has 2 fully saturated rings. The van der Waals surface area contributed by atoms with Gasteiger partial charge in [0.15, 0.2) is 21.3 Å². The molecule has 2 aromatic carbocycles. The number of amides is 1. The van der Waals surface area contributed by atoms with Crippen LogP contribution in [-0.2, 0) is 9.84 Å². The number of hydrogen-bond acceptors (Lipinski definition) is 6. The van der Waals surface area contributed by atoms with Crippen LogP contribution in [0.3, 0.4) is 0 Å². The smallest absolute Gasteiger partial charge is 0.256 e. The summed E-state index contributed by atoms with van der Waals surface area (Å²) in [6.07, 6.45) is 4.56. The van der Waals surface area contributed by atoms with E-state index in [0.717, 1.165) is 30.6 Å². The van der Waals surface area contributed by atoms with E-state index >= 15 is 0 Å². The number of carbonyl (C=O) groups is 1. The lowest BCUT2D eigenvalue weighted by molar-refractivity contribution is -0.0716. The van der Waals surface area contributed by atoms with Crippen LogP contribution in [0.25, 0.3) is 0 Å². The Kier molecular flexibility index (Phi) is 4.94. The van der Waals surface area contributed by atoms with Gasteiger partial charge in [0.25, 0.3) is 11.7 Å². The van der Waals surface area contributed by atoms with Crippen LogP contribution in [0, 0.1) is 0 Å². The normalized spacial score (nSPS) is 23.0. The van der Waals surface area contributed by atoms with Crippen LogP contribution in [0.2, 0.25) is 0 Å². The Labute approximate surface area is 180 Å². The first-order chi connectivity index (χ1) is 14.4. The zero-order valence-corrected chi connectivity index (χ0v) is 18.1. The summed E-state index contributed by atoms with van der Waals surface area (Å²) in [4.78, 5) is 13.8. The number of hydrogen-bond donors (Lipinski definition) is 1. The molecule has 0 bridgehead atoms. The van der Waals surface area contributed by atoms with Gasteiger partial charge in [0.1, 0.15) is 0 Å². The molecule has 3 aliphatic rings. The lowest BCUT2D eigenvalue weighted by Gasteiger charge is -2.21.